The third kappa shape index (κ3) is 5.55. The maximum Gasteiger partial charge on any atom is 0.338 e. The lowest BCUT2D eigenvalue weighted by molar-refractivity contribution is 0.0526. The van der Waals surface area contributed by atoms with Gasteiger partial charge in [0, 0.05) is 18.8 Å². The number of rotatable bonds is 7. The van der Waals surface area contributed by atoms with Crippen LogP contribution in [0.2, 0.25) is 0 Å². The molecule has 1 N–H and O–H groups in total. The van der Waals surface area contributed by atoms with Crippen LogP contribution in [0.3, 0.4) is 0 Å². The van der Waals surface area contributed by atoms with Crippen molar-refractivity contribution in [2.45, 2.75) is 32.4 Å². The molecule has 1 aromatic carbocycles. The lowest BCUT2D eigenvalue weighted by Crippen LogP contribution is -2.39. The molecule has 0 radical (unpaired) electrons. The Morgan fingerprint density at radius 1 is 1.33 bits per heavy atom. The van der Waals surface area contributed by atoms with Gasteiger partial charge in [-0.25, -0.2) is 4.79 Å². The van der Waals surface area contributed by atoms with E-state index >= 15 is 0 Å². The van der Waals surface area contributed by atoms with E-state index in [2.05, 4.69) is 5.32 Å². The van der Waals surface area contributed by atoms with Gasteiger partial charge in [0.2, 0.25) is 0 Å². The quantitative estimate of drug-likeness (QED) is 0.571. The topological polar surface area (TPSA) is 63.9 Å². The summed E-state index contributed by atoms with van der Waals surface area (Å²) in [6.45, 7) is 4.21. The predicted molar refractivity (Wildman–Crippen MR) is 107 cm³/mol. The van der Waals surface area contributed by atoms with Gasteiger partial charge in [0.1, 0.15) is 5.76 Å². The molecule has 1 saturated heterocycles. The number of carbonyl (C=O) groups excluding carboxylic acids is 1. The minimum absolute atomic E-state index is 0.172. The first-order valence-corrected chi connectivity index (χ1v) is 9.53. The summed E-state index contributed by atoms with van der Waals surface area (Å²) in [6.07, 6.45) is 3.94. The van der Waals surface area contributed by atoms with Crippen LogP contribution >= 0.6 is 12.2 Å². The molecule has 27 heavy (non-hydrogen) atoms. The number of esters is 1. The number of thiocarbonyl (C=S) groups is 1. The molecule has 1 atom stereocenters. The van der Waals surface area contributed by atoms with E-state index in [9.17, 15) is 4.79 Å². The third-order valence-corrected chi connectivity index (χ3v) is 4.67. The zero-order valence-corrected chi connectivity index (χ0v) is 16.2. The highest BCUT2D eigenvalue weighted by molar-refractivity contribution is 7.80. The van der Waals surface area contributed by atoms with E-state index < -0.39 is 0 Å². The van der Waals surface area contributed by atoms with E-state index in [1.165, 1.54) is 0 Å². The number of anilines is 1. The maximum atomic E-state index is 11.8. The lowest BCUT2D eigenvalue weighted by atomic mass is 10.2. The molecule has 0 spiro atoms. The van der Waals surface area contributed by atoms with E-state index in [1.807, 2.05) is 29.2 Å². The molecule has 7 heteroatoms. The van der Waals surface area contributed by atoms with E-state index in [-0.39, 0.29) is 12.1 Å². The van der Waals surface area contributed by atoms with Gasteiger partial charge in [0.05, 0.1) is 31.1 Å². The van der Waals surface area contributed by atoms with E-state index in [4.69, 9.17) is 26.1 Å². The van der Waals surface area contributed by atoms with Crippen LogP contribution in [0.15, 0.2) is 47.1 Å². The molecule has 6 nitrogen and oxygen atoms in total. The molecule has 0 amide bonds. The monoisotopic (exact) mass is 388 g/mol. The zero-order valence-electron chi connectivity index (χ0n) is 15.3. The molecule has 0 bridgehead atoms. The summed E-state index contributed by atoms with van der Waals surface area (Å²) in [6, 6.07) is 10.9. The molecule has 3 rings (SSSR count). The van der Waals surface area contributed by atoms with E-state index in [0.29, 0.717) is 30.4 Å². The Labute approximate surface area is 164 Å². The second kappa shape index (κ2) is 9.53. The first-order valence-electron chi connectivity index (χ1n) is 9.13. The number of carbonyl (C=O) groups is 1. The van der Waals surface area contributed by atoms with Gasteiger partial charge in [-0.3, -0.25) is 0 Å². The fourth-order valence-corrected chi connectivity index (χ4v) is 3.21. The van der Waals surface area contributed by atoms with Crippen LogP contribution in [0.5, 0.6) is 0 Å². The molecular formula is C20H24N2O4S. The molecule has 2 aromatic rings. The molecular weight excluding hydrogens is 364 g/mol. The normalized spacial score (nSPS) is 16.1. The molecule has 1 aliphatic rings. The molecule has 1 aliphatic heterocycles. The molecule has 1 fully saturated rings. The summed E-state index contributed by atoms with van der Waals surface area (Å²) >= 11 is 5.62. The Balaban J connectivity index is 1.64. The highest BCUT2D eigenvalue weighted by Crippen LogP contribution is 2.17. The van der Waals surface area contributed by atoms with Crippen molar-refractivity contribution in [1.29, 1.82) is 0 Å². The van der Waals surface area contributed by atoms with Crippen LogP contribution in [-0.2, 0) is 16.0 Å². The Morgan fingerprint density at radius 2 is 2.15 bits per heavy atom. The fraction of sp³-hybridized carbons (Fsp3) is 0.400. The standard InChI is InChI=1S/C20H24N2O4S/c1-2-24-19(23)15-7-9-16(10-8-15)21-20(27)22(13-17-5-3-11-25-17)14-18-6-4-12-26-18/h3,5,7-11,18H,2,4,6,12-14H2,1H3,(H,21,27). The zero-order chi connectivity index (χ0) is 19.1. The number of benzene rings is 1. The maximum absolute atomic E-state index is 11.8. The number of hydrogen-bond acceptors (Lipinski definition) is 5. The number of furan rings is 1. The van der Waals surface area contributed by atoms with Crippen molar-refractivity contribution in [3.05, 3.63) is 54.0 Å². The SMILES string of the molecule is CCOC(=O)c1ccc(NC(=S)N(Cc2ccco2)CC2CCCO2)cc1. The van der Waals surface area contributed by atoms with Crippen LogP contribution in [0.4, 0.5) is 5.69 Å². The summed E-state index contributed by atoms with van der Waals surface area (Å²) in [5, 5.41) is 3.82. The van der Waals surface area contributed by atoms with Gasteiger partial charge in [-0.1, -0.05) is 0 Å². The molecule has 0 saturated carbocycles. The minimum atomic E-state index is -0.329. The summed E-state index contributed by atoms with van der Waals surface area (Å²) in [4.78, 5) is 13.8. The third-order valence-electron chi connectivity index (χ3n) is 4.31. The van der Waals surface area contributed by atoms with Crippen LogP contribution in [0.1, 0.15) is 35.9 Å². The van der Waals surface area contributed by atoms with Crippen molar-refractivity contribution in [3.63, 3.8) is 0 Å². The Bertz CT molecular complexity index is 740. The number of nitrogens with zero attached hydrogens (tertiary/aromatic N) is 1. The van der Waals surface area contributed by atoms with Gasteiger partial charge in [0.15, 0.2) is 5.11 Å². The second-order valence-corrected chi connectivity index (χ2v) is 6.71. The first-order chi connectivity index (χ1) is 13.2. The molecule has 1 aromatic heterocycles. The number of ether oxygens (including phenoxy) is 2. The summed E-state index contributed by atoms with van der Waals surface area (Å²) in [5.41, 5.74) is 1.32. The van der Waals surface area contributed by atoms with E-state index in [1.54, 1.807) is 25.3 Å². The average Bonchev–Trinajstić information content (AvgIpc) is 3.36. The smallest absolute Gasteiger partial charge is 0.338 e. The van der Waals surface area contributed by atoms with Gasteiger partial charge >= 0.3 is 5.97 Å². The lowest BCUT2D eigenvalue weighted by Gasteiger charge is -2.27. The van der Waals surface area contributed by atoms with Crippen LogP contribution in [0, 0.1) is 0 Å². The van der Waals surface area contributed by atoms with Crippen molar-refractivity contribution in [2.24, 2.45) is 0 Å². The van der Waals surface area contributed by atoms with Gasteiger partial charge < -0.3 is 24.1 Å². The highest BCUT2D eigenvalue weighted by atomic mass is 32.1. The summed E-state index contributed by atoms with van der Waals surface area (Å²) in [7, 11) is 0. The molecule has 144 valence electrons. The van der Waals surface area contributed by atoms with Gasteiger partial charge in [-0.15, -0.1) is 0 Å². The van der Waals surface area contributed by atoms with Gasteiger partial charge in [0.25, 0.3) is 0 Å². The van der Waals surface area contributed by atoms with E-state index in [0.717, 1.165) is 30.9 Å². The van der Waals surface area contributed by atoms with Crippen molar-refractivity contribution in [1.82, 2.24) is 4.90 Å². The number of nitrogens with one attached hydrogen (secondary N) is 1. The van der Waals surface area contributed by atoms with Crippen LogP contribution in [-0.4, -0.2) is 41.8 Å². The van der Waals surface area contributed by atoms with Crippen molar-refractivity contribution < 1.29 is 18.7 Å². The largest absolute Gasteiger partial charge is 0.467 e. The number of hydrogen-bond donors (Lipinski definition) is 1. The van der Waals surface area contributed by atoms with Gasteiger partial charge in [-0.05, 0) is 68.4 Å². The summed E-state index contributed by atoms with van der Waals surface area (Å²) < 4.78 is 16.2. The van der Waals surface area contributed by atoms with Gasteiger partial charge in [-0.2, -0.15) is 0 Å². The van der Waals surface area contributed by atoms with Crippen LogP contribution < -0.4 is 5.32 Å². The van der Waals surface area contributed by atoms with Crippen molar-refractivity contribution in [3.8, 4) is 0 Å². The van der Waals surface area contributed by atoms with Crippen molar-refractivity contribution >= 4 is 29.0 Å². The Hall–Kier alpha value is -2.38. The Kier molecular flexibility index (Phi) is 6.84. The first kappa shape index (κ1) is 19.4. The summed E-state index contributed by atoms with van der Waals surface area (Å²) in [5.74, 6) is 0.513. The molecule has 0 aliphatic carbocycles. The molecule has 1 unspecified atom stereocenters. The predicted octanol–water partition coefficient (Wildman–Crippen LogP) is 3.83. The van der Waals surface area contributed by atoms with Crippen molar-refractivity contribution in [2.75, 3.05) is 25.1 Å². The van der Waals surface area contributed by atoms with Crippen LogP contribution in [0.25, 0.3) is 0 Å². The second-order valence-electron chi connectivity index (χ2n) is 6.32. The fourth-order valence-electron chi connectivity index (χ4n) is 2.95. The molecule has 2 heterocycles. The Morgan fingerprint density at radius 3 is 2.78 bits per heavy atom. The highest BCUT2D eigenvalue weighted by Gasteiger charge is 2.22. The minimum Gasteiger partial charge on any atom is -0.467 e. The average molecular weight is 388 g/mol.